The Balaban J connectivity index is 1.51. The van der Waals surface area contributed by atoms with Crippen molar-refractivity contribution in [2.75, 3.05) is 13.1 Å². The van der Waals surface area contributed by atoms with Crippen molar-refractivity contribution in [1.82, 2.24) is 24.4 Å². The van der Waals surface area contributed by atoms with Crippen molar-refractivity contribution in [3.8, 4) is 0 Å². The molecule has 1 fully saturated rings. The summed E-state index contributed by atoms with van der Waals surface area (Å²) in [7, 11) is 0. The van der Waals surface area contributed by atoms with E-state index in [1.807, 2.05) is 35.4 Å². The molecule has 1 saturated heterocycles. The summed E-state index contributed by atoms with van der Waals surface area (Å²) in [5.74, 6) is 2.04. The molecule has 1 aliphatic heterocycles. The Morgan fingerprint density at radius 2 is 2.04 bits per heavy atom. The van der Waals surface area contributed by atoms with E-state index in [1.54, 1.807) is 12.3 Å². The largest absolute Gasteiger partial charge is 0.337 e. The molecule has 6 heteroatoms. The van der Waals surface area contributed by atoms with Crippen molar-refractivity contribution in [2.24, 2.45) is 11.8 Å². The van der Waals surface area contributed by atoms with Gasteiger partial charge in [0.1, 0.15) is 17.0 Å². The molecule has 1 atom stereocenters. The predicted octanol–water partition coefficient (Wildman–Crippen LogP) is 3.19. The van der Waals surface area contributed by atoms with Gasteiger partial charge in [0.25, 0.3) is 5.91 Å². The summed E-state index contributed by atoms with van der Waals surface area (Å²) < 4.78 is 2.25. The molecule has 0 saturated carbocycles. The number of aromatic nitrogens is 4. The molecule has 0 aromatic carbocycles. The van der Waals surface area contributed by atoms with Crippen molar-refractivity contribution < 1.29 is 4.79 Å². The summed E-state index contributed by atoms with van der Waals surface area (Å²) in [6.45, 7) is 6.87. The third-order valence-corrected chi connectivity index (χ3v) is 5.06. The Bertz CT molecular complexity index is 934. The smallest absolute Gasteiger partial charge is 0.272 e. The van der Waals surface area contributed by atoms with Gasteiger partial charge in [0, 0.05) is 38.4 Å². The molecule has 1 unspecified atom stereocenters. The number of carbonyl (C=O) groups excluding carboxylic acids is 1. The van der Waals surface area contributed by atoms with Crippen molar-refractivity contribution in [3.63, 3.8) is 0 Å². The molecule has 27 heavy (non-hydrogen) atoms. The maximum Gasteiger partial charge on any atom is 0.272 e. The van der Waals surface area contributed by atoms with E-state index in [0.29, 0.717) is 17.5 Å². The Morgan fingerprint density at radius 1 is 1.19 bits per heavy atom. The first-order valence-electron chi connectivity index (χ1n) is 9.62. The number of hydrogen-bond acceptors (Lipinski definition) is 4. The zero-order valence-electron chi connectivity index (χ0n) is 15.9. The maximum absolute atomic E-state index is 12.6. The summed E-state index contributed by atoms with van der Waals surface area (Å²) in [5.41, 5.74) is 2.43. The number of rotatable bonds is 5. The number of pyridine rings is 2. The average molecular weight is 363 g/mol. The van der Waals surface area contributed by atoms with Crippen molar-refractivity contribution >= 4 is 17.1 Å². The molecule has 0 radical (unpaired) electrons. The van der Waals surface area contributed by atoms with Gasteiger partial charge in [0.15, 0.2) is 5.65 Å². The molecule has 3 aromatic rings. The summed E-state index contributed by atoms with van der Waals surface area (Å²) in [5, 5.41) is 0. The van der Waals surface area contributed by atoms with Crippen molar-refractivity contribution in [1.29, 1.82) is 0 Å². The molecule has 0 spiro atoms. The lowest BCUT2D eigenvalue weighted by Gasteiger charge is -2.17. The lowest BCUT2D eigenvalue weighted by molar-refractivity contribution is 0.0781. The van der Waals surface area contributed by atoms with Crippen LogP contribution < -0.4 is 0 Å². The van der Waals surface area contributed by atoms with Gasteiger partial charge in [0.05, 0.1) is 0 Å². The highest BCUT2D eigenvalue weighted by molar-refractivity contribution is 5.92. The number of hydrogen-bond donors (Lipinski definition) is 0. The van der Waals surface area contributed by atoms with Crippen LogP contribution in [0, 0.1) is 11.8 Å². The van der Waals surface area contributed by atoms with Crippen LogP contribution in [0.15, 0.2) is 42.7 Å². The maximum atomic E-state index is 12.6. The first kappa shape index (κ1) is 17.6. The van der Waals surface area contributed by atoms with E-state index < -0.39 is 0 Å². The fourth-order valence-electron chi connectivity index (χ4n) is 3.81. The highest BCUT2D eigenvalue weighted by atomic mass is 16.2. The minimum atomic E-state index is 0.0236. The average Bonchev–Trinajstić information content (AvgIpc) is 3.27. The van der Waals surface area contributed by atoms with Gasteiger partial charge in [0.2, 0.25) is 0 Å². The molecule has 0 bridgehead atoms. The Hall–Kier alpha value is -2.76. The van der Waals surface area contributed by atoms with Crippen molar-refractivity contribution in [3.05, 3.63) is 54.2 Å². The zero-order chi connectivity index (χ0) is 18.8. The molecule has 140 valence electrons. The molecule has 0 N–H and O–H groups in total. The van der Waals surface area contributed by atoms with Crippen LogP contribution in [0.4, 0.5) is 0 Å². The third-order valence-electron chi connectivity index (χ3n) is 5.06. The van der Waals surface area contributed by atoms with Gasteiger partial charge >= 0.3 is 0 Å². The lowest BCUT2D eigenvalue weighted by atomic mass is 10.0. The second kappa shape index (κ2) is 7.47. The molecule has 1 amide bonds. The minimum absolute atomic E-state index is 0.0236. The highest BCUT2D eigenvalue weighted by Gasteiger charge is 2.29. The monoisotopic (exact) mass is 363 g/mol. The lowest BCUT2D eigenvalue weighted by Crippen LogP contribution is -2.29. The van der Waals surface area contributed by atoms with E-state index >= 15 is 0 Å². The third kappa shape index (κ3) is 3.70. The number of nitrogens with zero attached hydrogens (tertiary/aromatic N) is 5. The van der Waals surface area contributed by atoms with E-state index in [2.05, 4.69) is 28.4 Å². The van der Waals surface area contributed by atoms with Crippen molar-refractivity contribution in [2.45, 2.75) is 33.2 Å². The molecule has 4 rings (SSSR count). The van der Waals surface area contributed by atoms with Crippen LogP contribution in [0.1, 0.15) is 36.6 Å². The van der Waals surface area contributed by atoms with Crippen LogP contribution in [-0.4, -0.2) is 43.4 Å². The summed E-state index contributed by atoms with van der Waals surface area (Å²) in [6.07, 6.45) is 5.36. The Morgan fingerprint density at radius 3 is 2.81 bits per heavy atom. The molecule has 1 aliphatic rings. The standard InChI is InChI=1S/C21H25N5O/c1-15(2)13-26-19(24-17-7-5-10-23-20(17)26)12-16-8-11-25(14-16)21(27)18-6-3-4-9-22-18/h3-7,9-10,15-16H,8,11-14H2,1-2H3. The van der Waals surface area contributed by atoms with Crippen LogP contribution in [0.5, 0.6) is 0 Å². The van der Waals surface area contributed by atoms with E-state index in [4.69, 9.17) is 4.98 Å². The van der Waals surface area contributed by atoms with Gasteiger partial charge in [-0.25, -0.2) is 9.97 Å². The normalized spacial score (nSPS) is 17.1. The molecular weight excluding hydrogens is 338 g/mol. The number of likely N-dealkylation sites (tertiary alicyclic amines) is 1. The van der Waals surface area contributed by atoms with Crippen LogP contribution in [0.25, 0.3) is 11.2 Å². The summed E-state index contributed by atoms with van der Waals surface area (Å²) in [4.78, 5) is 28.1. The van der Waals surface area contributed by atoms with Crippen LogP contribution in [0.3, 0.4) is 0 Å². The predicted molar refractivity (Wildman–Crippen MR) is 104 cm³/mol. The summed E-state index contributed by atoms with van der Waals surface area (Å²) in [6, 6.07) is 9.42. The van der Waals surface area contributed by atoms with Gasteiger partial charge < -0.3 is 9.47 Å². The molecule has 3 aromatic heterocycles. The number of imidazole rings is 1. The minimum Gasteiger partial charge on any atom is -0.337 e. The topological polar surface area (TPSA) is 63.9 Å². The molecular formula is C21H25N5O. The van der Waals surface area contributed by atoms with Crippen LogP contribution >= 0.6 is 0 Å². The van der Waals surface area contributed by atoms with E-state index in [0.717, 1.165) is 49.5 Å². The van der Waals surface area contributed by atoms with Crippen LogP contribution in [0.2, 0.25) is 0 Å². The van der Waals surface area contributed by atoms with Gasteiger partial charge in [-0.2, -0.15) is 0 Å². The Kier molecular flexibility index (Phi) is 4.88. The zero-order valence-corrected chi connectivity index (χ0v) is 15.9. The number of fused-ring (bicyclic) bond motifs is 1. The first-order chi connectivity index (χ1) is 13.1. The quantitative estimate of drug-likeness (QED) is 0.698. The summed E-state index contributed by atoms with van der Waals surface area (Å²) >= 11 is 0. The van der Waals surface area contributed by atoms with E-state index in [1.165, 1.54) is 0 Å². The molecule has 6 nitrogen and oxygen atoms in total. The van der Waals surface area contributed by atoms with E-state index in [9.17, 15) is 4.79 Å². The number of carbonyl (C=O) groups is 1. The van der Waals surface area contributed by atoms with Gasteiger partial charge in [-0.05, 0) is 42.5 Å². The Labute approximate surface area is 159 Å². The van der Waals surface area contributed by atoms with Gasteiger partial charge in [-0.15, -0.1) is 0 Å². The van der Waals surface area contributed by atoms with Gasteiger partial charge in [-0.1, -0.05) is 19.9 Å². The SMILES string of the molecule is CC(C)Cn1c(CC2CCN(C(=O)c3ccccn3)C2)nc2cccnc21. The molecule has 0 aliphatic carbocycles. The first-order valence-corrected chi connectivity index (χ1v) is 9.62. The highest BCUT2D eigenvalue weighted by Crippen LogP contribution is 2.24. The number of amides is 1. The van der Waals surface area contributed by atoms with E-state index in [-0.39, 0.29) is 5.91 Å². The second-order valence-electron chi connectivity index (χ2n) is 7.70. The van der Waals surface area contributed by atoms with Crippen LogP contribution in [-0.2, 0) is 13.0 Å². The fraction of sp³-hybridized carbons (Fsp3) is 0.429. The fourth-order valence-corrected chi connectivity index (χ4v) is 3.81. The van der Waals surface area contributed by atoms with Gasteiger partial charge in [-0.3, -0.25) is 9.78 Å². The molecule has 4 heterocycles. The second-order valence-corrected chi connectivity index (χ2v) is 7.70.